The first-order chi connectivity index (χ1) is 10.1. The van der Waals surface area contributed by atoms with E-state index in [4.69, 9.17) is 10.1 Å². The third-order valence-electron chi connectivity index (χ3n) is 2.49. The van der Waals surface area contributed by atoms with E-state index in [2.05, 4.69) is 4.74 Å². The monoisotopic (exact) mass is 300 g/mol. The standard InChI is InChI=1S/C12H20N2O3.2C2H6/c1-9(2)8-10(11(13)12(15)16-3)14-4-6-17-7-5-14;2*1-2/h8-9,13H,4-7H2,1-3H3;2*1-2H3/b10-8+,13-11?;;. The number of methoxy groups -OCH3 is 1. The summed E-state index contributed by atoms with van der Waals surface area (Å²) in [5.41, 5.74) is 0.568. The fourth-order valence-corrected chi connectivity index (χ4v) is 1.67. The van der Waals surface area contributed by atoms with Gasteiger partial charge in [0.2, 0.25) is 0 Å². The van der Waals surface area contributed by atoms with Crippen molar-refractivity contribution >= 4 is 11.7 Å². The molecule has 1 aliphatic rings. The van der Waals surface area contributed by atoms with E-state index < -0.39 is 5.97 Å². The molecule has 0 aromatic rings. The first-order valence-electron chi connectivity index (χ1n) is 7.78. The molecule has 0 amide bonds. The van der Waals surface area contributed by atoms with Crippen LogP contribution in [0.25, 0.3) is 0 Å². The molecule has 21 heavy (non-hydrogen) atoms. The zero-order chi connectivity index (χ0) is 16.8. The molecule has 0 saturated carbocycles. The average Bonchev–Trinajstić information content (AvgIpc) is 2.55. The maximum absolute atomic E-state index is 11.4. The van der Waals surface area contributed by atoms with E-state index in [1.54, 1.807) is 0 Å². The molecule has 0 spiro atoms. The van der Waals surface area contributed by atoms with Crippen molar-refractivity contribution in [2.75, 3.05) is 33.4 Å². The first kappa shape index (κ1) is 21.9. The third-order valence-corrected chi connectivity index (χ3v) is 2.49. The van der Waals surface area contributed by atoms with Gasteiger partial charge in [-0.15, -0.1) is 0 Å². The molecule has 1 saturated heterocycles. The molecule has 5 nitrogen and oxygen atoms in total. The van der Waals surface area contributed by atoms with Gasteiger partial charge < -0.3 is 14.4 Å². The minimum Gasteiger partial charge on any atom is -0.464 e. The molecule has 0 bridgehead atoms. The molecule has 1 aliphatic heterocycles. The van der Waals surface area contributed by atoms with Crippen molar-refractivity contribution in [3.8, 4) is 0 Å². The van der Waals surface area contributed by atoms with Crippen LogP contribution in [0.2, 0.25) is 0 Å². The summed E-state index contributed by atoms with van der Waals surface area (Å²) in [6, 6.07) is 0. The number of rotatable bonds is 4. The van der Waals surface area contributed by atoms with E-state index in [9.17, 15) is 4.79 Å². The highest BCUT2D eigenvalue weighted by molar-refractivity contribution is 6.41. The number of esters is 1. The number of morpholine rings is 1. The Labute approximate surface area is 129 Å². The zero-order valence-corrected chi connectivity index (χ0v) is 14.7. The smallest absolute Gasteiger partial charge is 0.358 e. The van der Waals surface area contributed by atoms with Gasteiger partial charge in [-0.2, -0.15) is 0 Å². The lowest BCUT2D eigenvalue weighted by molar-refractivity contribution is -0.132. The van der Waals surface area contributed by atoms with Gasteiger partial charge in [-0.05, 0) is 5.92 Å². The van der Waals surface area contributed by atoms with E-state index in [-0.39, 0.29) is 11.6 Å². The number of hydrogen-bond acceptors (Lipinski definition) is 5. The fraction of sp³-hybridized carbons (Fsp3) is 0.750. The molecular weight excluding hydrogens is 268 g/mol. The van der Waals surface area contributed by atoms with Crippen LogP contribution in [-0.2, 0) is 14.3 Å². The number of hydrogen-bond donors (Lipinski definition) is 1. The van der Waals surface area contributed by atoms with E-state index in [0.717, 1.165) is 0 Å². The van der Waals surface area contributed by atoms with Crippen LogP contribution < -0.4 is 0 Å². The third kappa shape index (κ3) is 8.50. The molecular formula is C16H32N2O3. The average molecular weight is 300 g/mol. The van der Waals surface area contributed by atoms with Crippen LogP contribution in [0.3, 0.4) is 0 Å². The summed E-state index contributed by atoms with van der Waals surface area (Å²) in [6.45, 7) is 14.7. The van der Waals surface area contributed by atoms with Crippen molar-refractivity contribution in [2.45, 2.75) is 41.5 Å². The molecule has 124 valence electrons. The van der Waals surface area contributed by atoms with Gasteiger partial charge in [-0.25, -0.2) is 4.79 Å². The Bertz CT molecular complexity index is 319. The molecule has 1 heterocycles. The van der Waals surface area contributed by atoms with Gasteiger partial charge in [0.1, 0.15) is 0 Å². The lowest BCUT2D eigenvalue weighted by Crippen LogP contribution is -2.40. The van der Waals surface area contributed by atoms with Gasteiger partial charge >= 0.3 is 5.97 Å². The summed E-state index contributed by atoms with van der Waals surface area (Å²) in [5.74, 6) is -0.318. The predicted octanol–water partition coefficient (Wildman–Crippen LogP) is 3.10. The molecule has 0 aromatic carbocycles. The predicted molar refractivity (Wildman–Crippen MR) is 87.8 cm³/mol. The van der Waals surface area contributed by atoms with E-state index >= 15 is 0 Å². The maximum Gasteiger partial charge on any atom is 0.358 e. The van der Waals surface area contributed by atoms with Crippen molar-refractivity contribution in [1.29, 1.82) is 5.41 Å². The summed E-state index contributed by atoms with van der Waals surface area (Å²) in [6.07, 6.45) is 1.92. The maximum atomic E-state index is 11.4. The molecule has 0 radical (unpaired) electrons. The Hall–Kier alpha value is -1.36. The number of carbonyl (C=O) groups is 1. The Balaban J connectivity index is 0. The number of ether oxygens (including phenoxy) is 2. The summed E-state index contributed by atoms with van der Waals surface area (Å²) >= 11 is 0. The number of nitrogens with zero attached hydrogens (tertiary/aromatic N) is 1. The Morgan fingerprint density at radius 1 is 1.19 bits per heavy atom. The molecule has 5 heteroatoms. The van der Waals surface area contributed by atoms with Gasteiger partial charge in [-0.1, -0.05) is 47.6 Å². The van der Waals surface area contributed by atoms with E-state index in [1.807, 2.05) is 52.5 Å². The van der Waals surface area contributed by atoms with Crippen LogP contribution in [-0.4, -0.2) is 50.0 Å². The molecule has 0 aromatic heterocycles. The van der Waals surface area contributed by atoms with Crippen LogP contribution in [0, 0.1) is 11.3 Å². The second-order valence-electron chi connectivity index (χ2n) is 4.26. The summed E-state index contributed by atoms with van der Waals surface area (Å²) < 4.78 is 9.87. The highest BCUT2D eigenvalue weighted by Gasteiger charge is 2.22. The first-order valence-corrected chi connectivity index (χ1v) is 7.78. The highest BCUT2D eigenvalue weighted by Crippen LogP contribution is 2.13. The Kier molecular flexibility index (Phi) is 14.2. The Morgan fingerprint density at radius 2 is 1.67 bits per heavy atom. The van der Waals surface area contributed by atoms with Crippen molar-refractivity contribution in [2.24, 2.45) is 5.92 Å². The summed E-state index contributed by atoms with van der Waals surface area (Å²) in [4.78, 5) is 13.4. The Morgan fingerprint density at radius 3 is 2.05 bits per heavy atom. The summed E-state index contributed by atoms with van der Waals surface area (Å²) in [7, 11) is 1.29. The second kappa shape index (κ2) is 13.6. The van der Waals surface area contributed by atoms with Crippen molar-refractivity contribution < 1.29 is 14.3 Å². The van der Waals surface area contributed by atoms with Gasteiger partial charge in [0.15, 0.2) is 5.71 Å². The molecule has 0 unspecified atom stereocenters. The van der Waals surface area contributed by atoms with Crippen molar-refractivity contribution in [1.82, 2.24) is 4.90 Å². The number of carbonyl (C=O) groups excluding carboxylic acids is 1. The lowest BCUT2D eigenvalue weighted by atomic mass is 10.1. The van der Waals surface area contributed by atoms with E-state index in [1.165, 1.54) is 7.11 Å². The van der Waals surface area contributed by atoms with Gasteiger partial charge in [0, 0.05) is 13.1 Å². The van der Waals surface area contributed by atoms with E-state index in [0.29, 0.717) is 32.0 Å². The normalized spacial score (nSPS) is 14.5. The topological polar surface area (TPSA) is 62.6 Å². The fourth-order valence-electron chi connectivity index (χ4n) is 1.67. The second-order valence-corrected chi connectivity index (χ2v) is 4.26. The van der Waals surface area contributed by atoms with Crippen molar-refractivity contribution in [3.05, 3.63) is 11.8 Å². The van der Waals surface area contributed by atoms with Crippen molar-refractivity contribution in [3.63, 3.8) is 0 Å². The molecule has 1 N–H and O–H groups in total. The SMILES string of the molecule is CC.CC.COC(=O)C(=N)/C(=C\C(C)C)N1CCOCC1. The summed E-state index contributed by atoms with van der Waals surface area (Å²) in [5, 5.41) is 7.86. The minimum absolute atomic E-state index is 0.0805. The van der Waals surface area contributed by atoms with Crippen LogP contribution in [0.1, 0.15) is 41.5 Å². The minimum atomic E-state index is -0.594. The molecule has 0 atom stereocenters. The zero-order valence-electron chi connectivity index (χ0n) is 14.7. The van der Waals surface area contributed by atoms with Gasteiger partial charge in [-0.3, -0.25) is 5.41 Å². The number of allylic oxidation sites excluding steroid dienone is 1. The van der Waals surface area contributed by atoms with Crippen LogP contribution in [0.15, 0.2) is 11.8 Å². The largest absolute Gasteiger partial charge is 0.464 e. The lowest BCUT2D eigenvalue weighted by Gasteiger charge is -2.31. The molecule has 1 rings (SSSR count). The van der Waals surface area contributed by atoms with Crippen LogP contribution >= 0.6 is 0 Å². The highest BCUT2D eigenvalue weighted by atomic mass is 16.5. The van der Waals surface area contributed by atoms with Gasteiger partial charge in [0.05, 0.1) is 26.0 Å². The molecule has 0 aliphatic carbocycles. The van der Waals surface area contributed by atoms with Crippen LogP contribution in [0.4, 0.5) is 0 Å². The van der Waals surface area contributed by atoms with Gasteiger partial charge in [0.25, 0.3) is 0 Å². The quantitative estimate of drug-likeness (QED) is 0.640. The number of nitrogens with one attached hydrogen (secondary N) is 1. The van der Waals surface area contributed by atoms with Crippen LogP contribution in [0.5, 0.6) is 0 Å². The molecule has 1 fully saturated rings.